The number of benzene rings is 1. The van der Waals surface area contributed by atoms with Crippen LogP contribution in [-0.2, 0) is 0 Å². The van der Waals surface area contributed by atoms with Crippen LogP contribution in [0, 0.1) is 5.82 Å². The maximum atomic E-state index is 13.3. The molecule has 2 aromatic rings. The van der Waals surface area contributed by atoms with Crippen molar-refractivity contribution in [3.05, 3.63) is 46.2 Å². The SMILES string of the molecule is NC(=S)c1cc(NC(=O)c2cncs2)ccc1F. The second-order valence-corrected chi connectivity index (χ2v) is 4.70. The molecule has 0 atom stereocenters. The summed E-state index contributed by atoms with van der Waals surface area (Å²) in [4.78, 5) is 16.0. The Labute approximate surface area is 112 Å². The van der Waals surface area contributed by atoms with Crippen molar-refractivity contribution in [2.45, 2.75) is 0 Å². The number of anilines is 1. The molecule has 0 aliphatic heterocycles. The quantitative estimate of drug-likeness (QED) is 0.846. The van der Waals surface area contributed by atoms with Gasteiger partial charge in [0.2, 0.25) is 0 Å². The number of nitrogens with one attached hydrogen (secondary N) is 1. The fourth-order valence-corrected chi connectivity index (χ4v) is 1.98. The van der Waals surface area contributed by atoms with Gasteiger partial charge in [-0.2, -0.15) is 0 Å². The third-order valence-corrected chi connectivity index (χ3v) is 3.14. The summed E-state index contributed by atoms with van der Waals surface area (Å²) in [6.07, 6.45) is 1.46. The molecular formula is C11H8FN3OS2. The molecule has 0 spiro atoms. The van der Waals surface area contributed by atoms with Crippen LogP contribution >= 0.6 is 23.6 Å². The largest absolute Gasteiger partial charge is 0.389 e. The molecule has 0 aliphatic rings. The highest BCUT2D eigenvalue weighted by molar-refractivity contribution is 7.80. The van der Waals surface area contributed by atoms with Crippen LogP contribution in [0.3, 0.4) is 0 Å². The normalized spacial score (nSPS) is 10.1. The van der Waals surface area contributed by atoms with Gasteiger partial charge in [-0.15, -0.1) is 11.3 Å². The van der Waals surface area contributed by atoms with Crippen LogP contribution in [0.25, 0.3) is 0 Å². The minimum absolute atomic E-state index is 0.0543. The third kappa shape index (κ3) is 2.69. The molecule has 4 nitrogen and oxygen atoms in total. The van der Waals surface area contributed by atoms with Gasteiger partial charge in [0.25, 0.3) is 5.91 Å². The summed E-state index contributed by atoms with van der Waals surface area (Å²) in [7, 11) is 0. The van der Waals surface area contributed by atoms with E-state index in [2.05, 4.69) is 10.3 Å². The number of hydrogen-bond acceptors (Lipinski definition) is 4. The molecule has 0 unspecified atom stereocenters. The number of nitrogens with zero attached hydrogens (tertiary/aromatic N) is 1. The van der Waals surface area contributed by atoms with Crippen LogP contribution in [-0.4, -0.2) is 15.9 Å². The summed E-state index contributed by atoms with van der Waals surface area (Å²) >= 11 is 5.94. The average molecular weight is 281 g/mol. The predicted octanol–water partition coefficient (Wildman–Crippen LogP) is 2.17. The maximum absolute atomic E-state index is 13.3. The molecule has 7 heteroatoms. The van der Waals surface area contributed by atoms with E-state index in [4.69, 9.17) is 18.0 Å². The summed E-state index contributed by atoms with van der Waals surface area (Å²) in [5, 5.41) is 2.62. The van der Waals surface area contributed by atoms with Crippen molar-refractivity contribution in [1.82, 2.24) is 4.98 Å². The number of hydrogen-bond donors (Lipinski definition) is 2. The van der Waals surface area contributed by atoms with E-state index in [0.717, 1.165) is 0 Å². The second kappa shape index (κ2) is 5.19. The lowest BCUT2D eigenvalue weighted by molar-refractivity contribution is 0.103. The Hall–Kier alpha value is -1.86. The van der Waals surface area contributed by atoms with Crippen molar-refractivity contribution in [3.63, 3.8) is 0 Å². The lowest BCUT2D eigenvalue weighted by Crippen LogP contribution is -2.14. The topological polar surface area (TPSA) is 68.0 Å². The second-order valence-electron chi connectivity index (χ2n) is 3.38. The van der Waals surface area contributed by atoms with Gasteiger partial charge in [-0.1, -0.05) is 12.2 Å². The number of nitrogens with two attached hydrogens (primary N) is 1. The first-order chi connectivity index (χ1) is 8.58. The molecule has 0 fully saturated rings. The molecule has 1 amide bonds. The first-order valence-electron chi connectivity index (χ1n) is 4.87. The fraction of sp³-hybridized carbons (Fsp3) is 0. The molecule has 1 heterocycles. The monoisotopic (exact) mass is 281 g/mol. The Balaban J connectivity index is 2.22. The molecule has 18 heavy (non-hydrogen) atoms. The van der Waals surface area contributed by atoms with E-state index < -0.39 is 5.82 Å². The highest BCUT2D eigenvalue weighted by atomic mass is 32.1. The molecule has 1 aromatic carbocycles. The van der Waals surface area contributed by atoms with Crippen molar-refractivity contribution in [3.8, 4) is 0 Å². The van der Waals surface area contributed by atoms with Crippen LogP contribution in [0.4, 0.5) is 10.1 Å². The van der Waals surface area contributed by atoms with E-state index in [9.17, 15) is 9.18 Å². The Morgan fingerprint density at radius 2 is 2.28 bits per heavy atom. The Bertz CT molecular complexity index is 598. The molecule has 3 N–H and O–H groups in total. The first kappa shape index (κ1) is 12.6. The first-order valence-corrected chi connectivity index (χ1v) is 6.16. The summed E-state index contributed by atoms with van der Waals surface area (Å²) in [6.45, 7) is 0. The zero-order valence-corrected chi connectivity index (χ0v) is 10.6. The molecule has 2 rings (SSSR count). The van der Waals surface area contributed by atoms with Crippen molar-refractivity contribution in [1.29, 1.82) is 0 Å². The van der Waals surface area contributed by atoms with E-state index in [1.54, 1.807) is 5.51 Å². The summed E-state index contributed by atoms with van der Waals surface area (Å²) < 4.78 is 13.3. The number of carbonyl (C=O) groups excluding carboxylic acids is 1. The molecule has 0 radical (unpaired) electrons. The molecule has 92 valence electrons. The minimum atomic E-state index is -0.515. The Morgan fingerprint density at radius 3 is 2.89 bits per heavy atom. The fourth-order valence-electron chi connectivity index (χ4n) is 1.31. The highest BCUT2D eigenvalue weighted by Gasteiger charge is 2.10. The number of thiazole rings is 1. The molecule has 0 bridgehead atoms. The van der Waals surface area contributed by atoms with Crippen LogP contribution in [0.15, 0.2) is 29.9 Å². The number of rotatable bonds is 3. The van der Waals surface area contributed by atoms with Gasteiger partial charge in [0.05, 0.1) is 11.7 Å². The van der Waals surface area contributed by atoms with E-state index in [1.165, 1.54) is 35.7 Å². The summed E-state index contributed by atoms with van der Waals surface area (Å²) in [5.74, 6) is -0.823. The van der Waals surface area contributed by atoms with Crippen molar-refractivity contribution in [2.75, 3.05) is 5.32 Å². The van der Waals surface area contributed by atoms with Gasteiger partial charge in [0.15, 0.2) is 0 Å². The van der Waals surface area contributed by atoms with Crippen molar-refractivity contribution in [2.24, 2.45) is 5.73 Å². The van der Waals surface area contributed by atoms with E-state index in [0.29, 0.717) is 10.6 Å². The number of carbonyl (C=O) groups is 1. The predicted molar refractivity (Wildman–Crippen MR) is 72.4 cm³/mol. The van der Waals surface area contributed by atoms with Crippen LogP contribution in [0.5, 0.6) is 0 Å². The molecule has 0 aliphatic carbocycles. The van der Waals surface area contributed by atoms with Crippen LogP contribution in [0.2, 0.25) is 0 Å². The minimum Gasteiger partial charge on any atom is -0.389 e. The van der Waals surface area contributed by atoms with Gasteiger partial charge in [-0.05, 0) is 18.2 Å². The zero-order chi connectivity index (χ0) is 13.1. The average Bonchev–Trinajstić information content (AvgIpc) is 2.85. The van der Waals surface area contributed by atoms with Crippen LogP contribution < -0.4 is 11.1 Å². The number of aromatic nitrogens is 1. The Morgan fingerprint density at radius 1 is 1.50 bits per heavy atom. The third-order valence-electron chi connectivity index (χ3n) is 2.15. The van der Waals surface area contributed by atoms with Crippen molar-refractivity contribution >= 4 is 40.1 Å². The summed E-state index contributed by atoms with van der Waals surface area (Å²) in [6, 6.07) is 4.05. The van der Waals surface area contributed by atoms with Gasteiger partial charge in [-0.3, -0.25) is 9.78 Å². The van der Waals surface area contributed by atoms with Crippen LogP contribution in [0.1, 0.15) is 15.2 Å². The standard InChI is InChI=1S/C11H8FN3OS2/c12-8-2-1-6(3-7(8)10(13)17)15-11(16)9-4-14-5-18-9/h1-5H,(H2,13,17)(H,15,16). The lowest BCUT2D eigenvalue weighted by Gasteiger charge is -2.06. The molecular weight excluding hydrogens is 273 g/mol. The van der Waals surface area contributed by atoms with Crippen molar-refractivity contribution < 1.29 is 9.18 Å². The van der Waals surface area contributed by atoms with E-state index >= 15 is 0 Å². The van der Waals surface area contributed by atoms with Gasteiger partial charge in [-0.25, -0.2) is 4.39 Å². The van der Waals surface area contributed by atoms with Gasteiger partial charge < -0.3 is 11.1 Å². The van der Waals surface area contributed by atoms with Gasteiger partial charge in [0, 0.05) is 11.3 Å². The van der Waals surface area contributed by atoms with E-state index in [-0.39, 0.29) is 16.5 Å². The summed E-state index contributed by atoms with van der Waals surface area (Å²) in [5.41, 5.74) is 7.47. The molecule has 0 saturated heterocycles. The van der Waals surface area contributed by atoms with E-state index in [1.807, 2.05) is 0 Å². The molecule has 0 saturated carbocycles. The zero-order valence-electron chi connectivity index (χ0n) is 9.01. The Kier molecular flexibility index (Phi) is 3.63. The molecule has 1 aromatic heterocycles. The van der Waals surface area contributed by atoms with Gasteiger partial charge >= 0.3 is 0 Å². The van der Waals surface area contributed by atoms with Gasteiger partial charge in [0.1, 0.15) is 15.7 Å². The smallest absolute Gasteiger partial charge is 0.267 e. The number of amides is 1. The highest BCUT2D eigenvalue weighted by Crippen LogP contribution is 2.16. The number of thiocarbonyl (C=S) groups is 1. The number of halogens is 1. The maximum Gasteiger partial charge on any atom is 0.267 e. The lowest BCUT2D eigenvalue weighted by atomic mass is 10.2.